The molecule has 0 spiro atoms. The van der Waals surface area contributed by atoms with Crippen molar-refractivity contribution >= 4 is 34.0 Å². The van der Waals surface area contributed by atoms with Gasteiger partial charge in [0.05, 0.1) is 0 Å². The van der Waals surface area contributed by atoms with Crippen molar-refractivity contribution in [3.8, 4) is 0 Å². The van der Waals surface area contributed by atoms with Gasteiger partial charge < -0.3 is 4.55 Å². The Labute approximate surface area is 212 Å². The van der Waals surface area contributed by atoms with Gasteiger partial charge in [0, 0.05) is 0 Å². The minimum absolute atomic E-state index is 0.508. The molecule has 0 aliphatic rings. The van der Waals surface area contributed by atoms with Crippen LogP contribution in [0.1, 0.15) is 16.7 Å². The van der Waals surface area contributed by atoms with Crippen LogP contribution in [0.3, 0.4) is 0 Å². The number of allylic oxidation sites excluding steroid dienone is 1. The summed E-state index contributed by atoms with van der Waals surface area (Å²) in [6.07, 6.45) is 1.81. The second kappa shape index (κ2) is 13.9. The SMILES string of the molecule is C=C[CH2][Pd+].Cc1ccccc1P(c1ccccc1C)c1ccccc1C.O=S(=O)([O-])C(F)(F)F. The molecule has 0 saturated heterocycles. The molecule has 0 atom stereocenters. The van der Waals surface area contributed by atoms with Crippen molar-refractivity contribution in [3.05, 3.63) is 102 Å². The molecule has 3 aromatic rings. The molecular formula is C25H26F3O3PPdS. The van der Waals surface area contributed by atoms with Crippen LogP contribution in [0.5, 0.6) is 0 Å². The molecular weight excluding hydrogens is 575 g/mol. The quantitative estimate of drug-likeness (QED) is 0.130. The molecule has 0 radical (unpaired) electrons. The van der Waals surface area contributed by atoms with Gasteiger partial charge in [-0.3, -0.25) is 0 Å². The topological polar surface area (TPSA) is 57.2 Å². The fourth-order valence-electron chi connectivity index (χ4n) is 2.83. The van der Waals surface area contributed by atoms with E-state index in [1.807, 2.05) is 6.08 Å². The maximum atomic E-state index is 10.7. The number of hydrogen-bond acceptors (Lipinski definition) is 3. The van der Waals surface area contributed by atoms with Gasteiger partial charge >= 0.3 is 42.3 Å². The molecule has 0 unspecified atom stereocenters. The Kier molecular flexibility index (Phi) is 12.4. The van der Waals surface area contributed by atoms with Crippen LogP contribution in [0.25, 0.3) is 0 Å². The first-order chi connectivity index (χ1) is 15.8. The number of benzene rings is 3. The average molecular weight is 601 g/mol. The number of rotatable bonds is 4. The Bertz CT molecular complexity index is 1070. The number of aryl methyl sites for hydroxylation is 3. The van der Waals surface area contributed by atoms with E-state index in [2.05, 4.69) is 119 Å². The summed E-state index contributed by atoms with van der Waals surface area (Å²) in [4.78, 5) is 0.933. The van der Waals surface area contributed by atoms with Gasteiger partial charge in [-0.25, -0.2) is 8.42 Å². The largest absolute Gasteiger partial charge is 0.741 e. The zero-order chi connectivity index (χ0) is 25.9. The molecule has 0 aliphatic heterocycles. The van der Waals surface area contributed by atoms with E-state index in [0.717, 1.165) is 4.89 Å². The summed E-state index contributed by atoms with van der Waals surface area (Å²) in [5, 5.41) is 4.38. The normalized spacial score (nSPS) is 11.1. The molecule has 3 nitrogen and oxygen atoms in total. The van der Waals surface area contributed by atoms with E-state index in [-0.39, 0.29) is 0 Å². The van der Waals surface area contributed by atoms with Crippen LogP contribution in [0.4, 0.5) is 13.2 Å². The summed E-state index contributed by atoms with van der Waals surface area (Å²) in [7, 11) is -6.60. The molecule has 0 N–H and O–H groups in total. The van der Waals surface area contributed by atoms with Gasteiger partial charge in [0.2, 0.25) is 0 Å². The summed E-state index contributed by atoms with van der Waals surface area (Å²) < 4.78 is 58.9. The second-order valence-electron chi connectivity index (χ2n) is 7.01. The van der Waals surface area contributed by atoms with Crippen LogP contribution < -0.4 is 15.9 Å². The Morgan fingerprint density at radius 3 is 1.24 bits per heavy atom. The van der Waals surface area contributed by atoms with E-state index in [4.69, 9.17) is 13.0 Å². The summed E-state index contributed by atoms with van der Waals surface area (Å²) in [6, 6.07) is 26.4. The zero-order valence-electron chi connectivity index (χ0n) is 19.0. The molecule has 186 valence electrons. The van der Waals surface area contributed by atoms with Gasteiger partial charge in [0.25, 0.3) is 0 Å². The first kappa shape index (κ1) is 30.2. The predicted octanol–water partition coefficient (Wildman–Crippen LogP) is 5.56. The zero-order valence-corrected chi connectivity index (χ0v) is 22.2. The van der Waals surface area contributed by atoms with E-state index in [0.29, 0.717) is 0 Å². The third-order valence-electron chi connectivity index (χ3n) is 4.44. The van der Waals surface area contributed by atoms with Crippen molar-refractivity contribution < 1.29 is 45.3 Å². The van der Waals surface area contributed by atoms with Gasteiger partial charge in [-0.05, 0) is 61.3 Å². The Morgan fingerprint density at radius 1 is 0.824 bits per heavy atom. The Balaban J connectivity index is 0.000000403. The summed E-state index contributed by atoms with van der Waals surface area (Å²) in [6.45, 7) is 10.1. The third kappa shape index (κ3) is 9.09. The van der Waals surface area contributed by atoms with Crippen molar-refractivity contribution in [3.63, 3.8) is 0 Å². The third-order valence-corrected chi connectivity index (χ3v) is 8.41. The summed E-state index contributed by atoms with van der Waals surface area (Å²) in [5.74, 6) is 0. The number of hydrogen-bond donors (Lipinski definition) is 0. The van der Waals surface area contributed by atoms with Crippen LogP contribution in [0, 0.1) is 20.8 Å². The standard InChI is InChI=1S/C21H21P.C3H5.CHF3O3S.Pd/c1-16-10-4-7-13-19(16)22(20-14-8-5-11-17(20)2)21-15-9-6-12-18(21)3;1-3-2;2-1(3,4)8(5,6)7;/h4-15H,1-3H3;3H,1-2H2;(H,5,6,7);/q;;;+1/p-1. The van der Waals surface area contributed by atoms with Crippen molar-refractivity contribution in [1.29, 1.82) is 0 Å². The van der Waals surface area contributed by atoms with Crippen molar-refractivity contribution in [2.75, 3.05) is 0 Å². The molecule has 0 fully saturated rings. The molecule has 0 bridgehead atoms. The summed E-state index contributed by atoms with van der Waals surface area (Å²) >= 11 is 2.92. The molecule has 3 rings (SSSR count). The van der Waals surface area contributed by atoms with Crippen LogP contribution in [0.15, 0.2) is 85.5 Å². The molecule has 3 aromatic carbocycles. The summed E-state index contributed by atoms with van der Waals surface area (Å²) in [5.41, 5.74) is -1.52. The molecule has 0 saturated carbocycles. The van der Waals surface area contributed by atoms with Gasteiger partial charge in [-0.15, -0.1) is 0 Å². The monoisotopic (exact) mass is 600 g/mol. The van der Waals surface area contributed by atoms with Gasteiger partial charge in [0.1, 0.15) is 0 Å². The van der Waals surface area contributed by atoms with Crippen LogP contribution in [0.2, 0.25) is 4.89 Å². The molecule has 0 amide bonds. The predicted molar refractivity (Wildman–Crippen MR) is 130 cm³/mol. The molecule has 0 aromatic heterocycles. The Morgan fingerprint density at radius 2 is 1.06 bits per heavy atom. The second-order valence-corrected chi connectivity index (χ2v) is 11.1. The average Bonchev–Trinajstić information content (AvgIpc) is 2.77. The smallest absolute Gasteiger partial charge is 0.485 e. The molecule has 0 heterocycles. The van der Waals surface area contributed by atoms with E-state index < -0.39 is 23.5 Å². The number of alkyl halides is 3. The molecule has 0 aliphatic carbocycles. The van der Waals surface area contributed by atoms with Crippen molar-refractivity contribution in [2.45, 2.75) is 31.2 Å². The first-order valence-corrected chi connectivity index (χ1v) is 13.8. The fourth-order valence-corrected chi connectivity index (χ4v) is 5.60. The first-order valence-electron chi connectivity index (χ1n) is 9.96. The maximum absolute atomic E-state index is 10.7. The van der Waals surface area contributed by atoms with E-state index in [1.165, 1.54) is 32.6 Å². The van der Waals surface area contributed by atoms with Crippen LogP contribution in [-0.4, -0.2) is 18.5 Å². The molecule has 34 heavy (non-hydrogen) atoms. The van der Waals surface area contributed by atoms with Gasteiger partial charge in [-0.1, -0.05) is 72.8 Å². The fraction of sp³-hybridized carbons (Fsp3) is 0.200. The number of halogens is 3. The van der Waals surface area contributed by atoms with E-state index in [9.17, 15) is 13.2 Å². The van der Waals surface area contributed by atoms with Crippen LogP contribution in [-0.2, 0) is 29.3 Å². The van der Waals surface area contributed by atoms with E-state index >= 15 is 0 Å². The Hall–Kier alpha value is -1.81. The van der Waals surface area contributed by atoms with Gasteiger partial charge in [-0.2, -0.15) is 13.2 Å². The maximum Gasteiger partial charge on any atom is 0.485 e. The minimum atomic E-state index is -6.09. The van der Waals surface area contributed by atoms with E-state index in [1.54, 1.807) is 0 Å². The van der Waals surface area contributed by atoms with Crippen molar-refractivity contribution in [2.24, 2.45) is 0 Å². The van der Waals surface area contributed by atoms with Crippen molar-refractivity contribution in [1.82, 2.24) is 0 Å². The molecule has 9 heteroatoms. The van der Waals surface area contributed by atoms with Crippen LogP contribution >= 0.6 is 7.92 Å². The minimum Gasteiger partial charge on any atom is -0.741 e. The van der Waals surface area contributed by atoms with Gasteiger partial charge in [0.15, 0.2) is 10.1 Å².